The highest BCUT2D eigenvalue weighted by molar-refractivity contribution is 6.74. The molecule has 0 saturated carbocycles. The molecule has 7 atom stereocenters. The van der Waals surface area contributed by atoms with Crippen LogP contribution in [-0.4, -0.2) is 80.2 Å². The Morgan fingerprint density at radius 2 is 1.41 bits per heavy atom. The molecular formula is C35H65NO8Si2. The summed E-state index contributed by atoms with van der Waals surface area (Å²) in [7, 11) is -4.39. The minimum absolute atomic E-state index is 0.0149. The van der Waals surface area contributed by atoms with Crippen LogP contribution in [-0.2, 0) is 28.0 Å². The minimum Gasteiger partial charge on any atom is -0.465 e. The van der Waals surface area contributed by atoms with Crippen molar-refractivity contribution >= 4 is 40.3 Å². The van der Waals surface area contributed by atoms with Gasteiger partial charge in [-0.15, -0.1) is 0 Å². The average molecular weight is 684 g/mol. The lowest BCUT2D eigenvalue weighted by molar-refractivity contribution is -0.159. The number of amides is 1. The minimum atomic E-state index is -2.28. The van der Waals surface area contributed by atoms with E-state index in [1.54, 1.807) is 0 Å². The predicted molar refractivity (Wildman–Crippen MR) is 187 cm³/mol. The molecule has 2 fully saturated rings. The standard InChI is InChI=1S/C35H65NO8Si2/c1-13-45(14-2,15-3)43-29-23-30(38)42-27(26(9)37)22-28-35(12,36(28)33(40)41)21-19-20-24(7)31(25(8)32(39)34(29,10)11)44-46(16-4,17-5)18-6/h24-25,27-29,31H,13-23H2,1-12H3,(H,40,41)/t24-,25+,27-,28-,29-,31-,35+,36?/m0/s1. The molecule has 0 unspecified atom stereocenters. The molecular weight excluding hydrogens is 619 g/mol. The summed E-state index contributed by atoms with van der Waals surface area (Å²) in [5, 5.41) is 10.0. The van der Waals surface area contributed by atoms with Crippen LogP contribution in [0.2, 0.25) is 36.3 Å². The van der Waals surface area contributed by atoms with Crippen molar-refractivity contribution in [1.82, 2.24) is 4.90 Å². The first kappa shape index (κ1) is 40.6. The monoisotopic (exact) mass is 683 g/mol. The number of carbonyl (C=O) groups excluding carboxylic acids is 3. The van der Waals surface area contributed by atoms with Crippen molar-refractivity contribution in [3.8, 4) is 0 Å². The molecule has 0 aromatic heterocycles. The van der Waals surface area contributed by atoms with Gasteiger partial charge in [0.15, 0.2) is 28.5 Å². The van der Waals surface area contributed by atoms with Gasteiger partial charge < -0.3 is 18.7 Å². The van der Waals surface area contributed by atoms with Crippen LogP contribution in [0.1, 0.15) is 115 Å². The lowest BCUT2D eigenvalue weighted by Crippen LogP contribution is -2.53. The second-order valence-electron chi connectivity index (χ2n) is 15.0. The zero-order valence-corrected chi connectivity index (χ0v) is 33.0. The molecule has 1 amide bonds. The Morgan fingerprint density at radius 3 is 1.87 bits per heavy atom. The van der Waals surface area contributed by atoms with Gasteiger partial charge in [0.2, 0.25) is 0 Å². The Kier molecular flexibility index (Phi) is 14.3. The van der Waals surface area contributed by atoms with Crippen LogP contribution < -0.4 is 0 Å². The van der Waals surface area contributed by atoms with Gasteiger partial charge in [0.1, 0.15) is 5.78 Å². The van der Waals surface area contributed by atoms with Crippen LogP contribution in [0.15, 0.2) is 0 Å². The Bertz CT molecular complexity index is 1060. The fourth-order valence-corrected chi connectivity index (χ4v) is 13.9. The fourth-order valence-electron chi connectivity index (χ4n) is 7.95. The van der Waals surface area contributed by atoms with Gasteiger partial charge in [0, 0.05) is 17.8 Å². The van der Waals surface area contributed by atoms with Crippen molar-refractivity contribution in [2.75, 3.05) is 0 Å². The van der Waals surface area contributed by atoms with Crippen LogP contribution in [0.4, 0.5) is 4.79 Å². The second-order valence-corrected chi connectivity index (χ2v) is 24.4. The Labute approximate surface area is 281 Å². The molecule has 2 heterocycles. The summed E-state index contributed by atoms with van der Waals surface area (Å²) in [6.07, 6.45) is -1.04. The van der Waals surface area contributed by atoms with Crippen molar-refractivity contribution in [3.63, 3.8) is 0 Å². The molecule has 266 valence electrons. The van der Waals surface area contributed by atoms with E-state index < -0.39 is 63.8 Å². The van der Waals surface area contributed by atoms with E-state index in [4.69, 9.17) is 13.6 Å². The average Bonchev–Trinajstić information content (AvgIpc) is 3.61. The van der Waals surface area contributed by atoms with E-state index in [1.807, 2.05) is 27.7 Å². The van der Waals surface area contributed by atoms with Gasteiger partial charge in [-0.25, -0.2) is 4.79 Å². The zero-order chi connectivity index (χ0) is 35.3. The first-order valence-corrected chi connectivity index (χ1v) is 23.1. The smallest absolute Gasteiger partial charge is 0.408 e. The molecule has 0 radical (unpaired) electrons. The highest BCUT2D eigenvalue weighted by Crippen LogP contribution is 2.48. The topological polar surface area (TPSA) is 119 Å². The fraction of sp³-hybridized carbons (Fsp3) is 0.886. The third-order valence-electron chi connectivity index (χ3n) is 12.1. The van der Waals surface area contributed by atoms with Crippen molar-refractivity contribution in [3.05, 3.63) is 0 Å². The number of fused-ring (bicyclic) bond motifs is 1. The number of cyclic esters (lactones) is 1. The lowest BCUT2D eigenvalue weighted by atomic mass is 9.73. The molecule has 46 heavy (non-hydrogen) atoms. The largest absolute Gasteiger partial charge is 0.465 e. The number of nitrogens with zero attached hydrogens (tertiary/aromatic N) is 1. The summed E-state index contributed by atoms with van der Waals surface area (Å²) in [6.45, 7) is 24.1. The highest BCUT2D eigenvalue weighted by Gasteiger charge is 2.62. The Morgan fingerprint density at radius 1 is 0.913 bits per heavy atom. The maximum absolute atomic E-state index is 14.7. The summed E-state index contributed by atoms with van der Waals surface area (Å²) >= 11 is 0. The van der Waals surface area contributed by atoms with Gasteiger partial charge in [-0.2, -0.15) is 0 Å². The predicted octanol–water partition coefficient (Wildman–Crippen LogP) is 8.22. The van der Waals surface area contributed by atoms with Gasteiger partial charge in [0.05, 0.1) is 30.2 Å². The molecule has 2 saturated heterocycles. The van der Waals surface area contributed by atoms with Gasteiger partial charge in [0.25, 0.3) is 0 Å². The first-order valence-electron chi connectivity index (χ1n) is 18.0. The maximum Gasteiger partial charge on any atom is 0.408 e. The quantitative estimate of drug-likeness (QED) is 0.131. The number of carboxylic acid groups (broad SMARTS) is 1. The van der Waals surface area contributed by atoms with E-state index in [0.29, 0.717) is 6.42 Å². The molecule has 9 nitrogen and oxygen atoms in total. The van der Waals surface area contributed by atoms with E-state index in [1.165, 1.54) is 11.8 Å². The lowest BCUT2D eigenvalue weighted by Gasteiger charge is -2.44. The zero-order valence-electron chi connectivity index (χ0n) is 31.0. The molecule has 2 rings (SSSR count). The number of ketones is 2. The van der Waals surface area contributed by atoms with Crippen LogP contribution >= 0.6 is 0 Å². The van der Waals surface area contributed by atoms with Crippen molar-refractivity contribution in [2.24, 2.45) is 17.3 Å². The van der Waals surface area contributed by atoms with E-state index in [-0.39, 0.29) is 36.4 Å². The summed E-state index contributed by atoms with van der Waals surface area (Å²) in [6, 6.07) is 5.04. The van der Waals surface area contributed by atoms with Gasteiger partial charge in [-0.05, 0) is 68.9 Å². The van der Waals surface area contributed by atoms with E-state index in [9.17, 15) is 24.3 Å². The molecule has 0 aromatic rings. The third-order valence-corrected chi connectivity index (χ3v) is 21.4. The van der Waals surface area contributed by atoms with E-state index >= 15 is 0 Å². The molecule has 1 N–H and O–H groups in total. The summed E-state index contributed by atoms with van der Waals surface area (Å²) in [5.74, 6) is -1.29. The number of ether oxygens (including phenoxy) is 1. The highest BCUT2D eigenvalue weighted by atomic mass is 28.4. The van der Waals surface area contributed by atoms with Crippen molar-refractivity contribution < 1.29 is 37.9 Å². The number of Topliss-reactive ketones (excluding diaryl/α,β-unsaturated/α-hetero) is 2. The second kappa shape index (κ2) is 16.2. The van der Waals surface area contributed by atoms with Gasteiger partial charge in [-0.3, -0.25) is 19.3 Å². The Balaban J connectivity index is 2.67. The number of rotatable bonds is 11. The molecule has 0 aromatic carbocycles. The maximum atomic E-state index is 14.7. The summed E-state index contributed by atoms with van der Waals surface area (Å²) < 4.78 is 19.9. The normalized spacial score (nSPS) is 31.6. The summed E-state index contributed by atoms with van der Waals surface area (Å²) in [4.78, 5) is 54.8. The molecule has 2 aliphatic rings. The molecule has 0 bridgehead atoms. The molecule has 2 aliphatic heterocycles. The van der Waals surface area contributed by atoms with Gasteiger partial charge in [-0.1, -0.05) is 75.7 Å². The number of carbonyl (C=O) groups is 4. The first-order chi connectivity index (χ1) is 21.4. The van der Waals surface area contributed by atoms with Crippen molar-refractivity contribution in [1.29, 1.82) is 0 Å². The van der Waals surface area contributed by atoms with Crippen LogP contribution in [0.5, 0.6) is 0 Å². The SMILES string of the molecule is CC[Si](CC)(CC)O[C@H]1[C@@H](C)CCC[C@]2(C)[C@H](C[C@@H](C(C)=O)OC(=O)C[C@H](O[Si](CC)(CC)CC)C(C)(C)C(=O)[C@@H]1C)N2C(=O)O. The molecule has 0 spiro atoms. The third kappa shape index (κ3) is 8.71. The van der Waals surface area contributed by atoms with Crippen LogP contribution in [0.25, 0.3) is 0 Å². The molecule has 11 heteroatoms. The van der Waals surface area contributed by atoms with Crippen molar-refractivity contribution in [2.45, 2.75) is 181 Å². The van der Waals surface area contributed by atoms with Crippen LogP contribution in [0.3, 0.4) is 0 Å². The van der Waals surface area contributed by atoms with E-state index in [2.05, 4.69) is 48.5 Å². The number of hydrogen-bond acceptors (Lipinski definition) is 7. The number of esters is 1. The van der Waals surface area contributed by atoms with E-state index in [0.717, 1.165) is 49.1 Å². The van der Waals surface area contributed by atoms with Gasteiger partial charge >= 0.3 is 12.1 Å². The van der Waals surface area contributed by atoms with Crippen LogP contribution in [0, 0.1) is 17.3 Å². The molecule has 0 aliphatic carbocycles. The Hall–Kier alpha value is -1.57. The number of hydrogen-bond donors (Lipinski definition) is 1. The summed E-state index contributed by atoms with van der Waals surface area (Å²) in [5.41, 5.74) is -1.68.